The number of hydrogen-bond donors (Lipinski definition) is 0. The summed E-state index contributed by atoms with van der Waals surface area (Å²) >= 11 is 0. The molecular formula is C10H21NO4Si. The normalized spacial score (nSPS) is 14.4. The largest absolute Gasteiger partial charge is 0.467 e. The monoisotopic (exact) mass is 247 g/mol. The van der Waals surface area contributed by atoms with Crippen LogP contribution in [0.25, 0.3) is 0 Å². The molecular weight excluding hydrogens is 226 g/mol. The topological polar surface area (TPSA) is 65.0 Å². The molecule has 0 rings (SSSR count). The lowest BCUT2D eigenvalue weighted by molar-refractivity contribution is -0.150. The highest BCUT2D eigenvalue weighted by Crippen LogP contribution is 2.21. The summed E-state index contributed by atoms with van der Waals surface area (Å²) in [6, 6.07) is 0. The van der Waals surface area contributed by atoms with E-state index in [2.05, 4.69) is 9.91 Å². The molecule has 0 aromatic heterocycles. The summed E-state index contributed by atoms with van der Waals surface area (Å²) in [6.45, 7) is 9.27. The molecule has 0 bridgehead atoms. The number of nitrogens with zero attached hydrogens (tertiary/aromatic N) is 1. The third-order valence-electron chi connectivity index (χ3n) is 1.89. The summed E-state index contributed by atoms with van der Waals surface area (Å²) in [6.07, 6.45) is -0.461. The summed E-state index contributed by atoms with van der Waals surface area (Å²) in [5, 5.41) is 2.98. The van der Waals surface area contributed by atoms with Crippen molar-refractivity contribution in [3.05, 3.63) is 4.91 Å². The van der Waals surface area contributed by atoms with Crippen molar-refractivity contribution in [2.24, 2.45) is 5.18 Å². The van der Waals surface area contributed by atoms with Gasteiger partial charge in [0.15, 0.2) is 8.32 Å². The molecule has 5 nitrogen and oxygen atoms in total. The highest BCUT2D eigenvalue weighted by atomic mass is 28.4. The molecule has 0 heterocycles. The standard InChI is InChI=1S/C10H21NO4Si/c1-10(2,11-13)7-8(9(12)14-3)15-16(4,5)6/h8H,7H2,1-6H3. The van der Waals surface area contributed by atoms with E-state index in [0.717, 1.165) is 0 Å². The zero-order valence-corrected chi connectivity index (χ0v) is 11.9. The van der Waals surface area contributed by atoms with Crippen LogP contribution in [0, 0.1) is 4.91 Å². The highest BCUT2D eigenvalue weighted by molar-refractivity contribution is 6.69. The van der Waals surface area contributed by atoms with Gasteiger partial charge in [0, 0.05) is 6.42 Å². The number of esters is 1. The number of methoxy groups -OCH3 is 1. The Kier molecular flexibility index (Phi) is 5.28. The second kappa shape index (κ2) is 5.54. The SMILES string of the molecule is COC(=O)C(CC(C)(C)N=O)O[Si](C)(C)C. The van der Waals surface area contributed by atoms with Gasteiger partial charge >= 0.3 is 5.97 Å². The van der Waals surface area contributed by atoms with Crippen LogP contribution >= 0.6 is 0 Å². The quantitative estimate of drug-likeness (QED) is 0.410. The van der Waals surface area contributed by atoms with Crippen LogP contribution in [-0.2, 0) is 14.0 Å². The number of carbonyl (C=O) groups is 1. The van der Waals surface area contributed by atoms with Crippen LogP contribution in [0.4, 0.5) is 0 Å². The van der Waals surface area contributed by atoms with E-state index in [1.165, 1.54) is 7.11 Å². The summed E-state index contributed by atoms with van der Waals surface area (Å²) in [7, 11) is -0.547. The molecule has 0 aliphatic rings. The van der Waals surface area contributed by atoms with Crippen molar-refractivity contribution in [1.29, 1.82) is 0 Å². The first kappa shape index (κ1) is 15.2. The fourth-order valence-electron chi connectivity index (χ4n) is 1.22. The van der Waals surface area contributed by atoms with Crippen molar-refractivity contribution in [2.75, 3.05) is 7.11 Å². The first-order valence-corrected chi connectivity index (χ1v) is 8.62. The van der Waals surface area contributed by atoms with Crippen molar-refractivity contribution in [3.8, 4) is 0 Å². The van der Waals surface area contributed by atoms with Gasteiger partial charge in [-0.25, -0.2) is 4.79 Å². The predicted octanol–water partition coefficient (Wildman–Crippen LogP) is 2.31. The fraction of sp³-hybridized carbons (Fsp3) is 0.900. The second-order valence-corrected chi connectivity index (χ2v) is 9.81. The van der Waals surface area contributed by atoms with Crippen molar-refractivity contribution >= 4 is 14.3 Å². The van der Waals surface area contributed by atoms with Gasteiger partial charge in [-0.05, 0) is 33.5 Å². The number of hydrogen-bond acceptors (Lipinski definition) is 5. The molecule has 1 atom stereocenters. The Labute approximate surface area is 97.6 Å². The minimum atomic E-state index is -1.86. The molecule has 0 saturated heterocycles. The summed E-state index contributed by atoms with van der Waals surface area (Å²) < 4.78 is 10.4. The Balaban J connectivity index is 4.69. The summed E-state index contributed by atoms with van der Waals surface area (Å²) in [4.78, 5) is 22.1. The van der Waals surface area contributed by atoms with Crippen LogP contribution < -0.4 is 0 Å². The molecule has 16 heavy (non-hydrogen) atoms. The molecule has 0 aromatic carbocycles. The average molecular weight is 247 g/mol. The van der Waals surface area contributed by atoms with Gasteiger partial charge in [-0.3, -0.25) is 0 Å². The molecule has 6 heteroatoms. The van der Waals surface area contributed by atoms with Gasteiger partial charge in [-0.2, -0.15) is 4.91 Å². The Bertz CT molecular complexity index is 260. The average Bonchev–Trinajstić information content (AvgIpc) is 2.13. The lowest BCUT2D eigenvalue weighted by Gasteiger charge is -2.28. The highest BCUT2D eigenvalue weighted by Gasteiger charge is 2.33. The molecule has 0 aliphatic carbocycles. The van der Waals surface area contributed by atoms with Crippen LogP contribution in [-0.4, -0.2) is 33.0 Å². The molecule has 0 aliphatic heterocycles. The summed E-state index contributed by atoms with van der Waals surface area (Å²) in [5.41, 5.74) is -0.821. The Hall–Kier alpha value is -0.753. The van der Waals surface area contributed by atoms with Gasteiger partial charge in [0.1, 0.15) is 11.6 Å². The van der Waals surface area contributed by atoms with Crippen molar-refractivity contribution < 1.29 is 14.0 Å². The van der Waals surface area contributed by atoms with E-state index < -0.39 is 25.9 Å². The Morgan fingerprint density at radius 1 is 1.38 bits per heavy atom. The van der Waals surface area contributed by atoms with Gasteiger partial charge in [0.05, 0.1) is 7.11 Å². The number of carbonyl (C=O) groups excluding carboxylic acids is 1. The molecule has 0 amide bonds. The van der Waals surface area contributed by atoms with E-state index in [9.17, 15) is 9.70 Å². The van der Waals surface area contributed by atoms with Gasteiger partial charge < -0.3 is 9.16 Å². The van der Waals surface area contributed by atoms with E-state index >= 15 is 0 Å². The van der Waals surface area contributed by atoms with E-state index in [1.54, 1.807) is 13.8 Å². The number of rotatable bonds is 6. The Morgan fingerprint density at radius 2 is 1.88 bits per heavy atom. The molecule has 0 N–H and O–H groups in total. The third-order valence-corrected chi connectivity index (χ3v) is 2.88. The van der Waals surface area contributed by atoms with Crippen LogP contribution in [0.3, 0.4) is 0 Å². The second-order valence-electron chi connectivity index (χ2n) is 5.35. The minimum absolute atomic E-state index is 0.243. The molecule has 0 spiro atoms. The number of nitroso groups, excluding NO2 is 1. The van der Waals surface area contributed by atoms with Crippen LogP contribution in [0.1, 0.15) is 20.3 Å². The maximum atomic E-state index is 11.5. The van der Waals surface area contributed by atoms with Gasteiger partial charge in [-0.15, -0.1) is 0 Å². The van der Waals surface area contributed by atoms with E-state index in [0.29, 0.717) is 0 Å². The zero-order chi connectivity index (χ0) is 13.0. The van der Waals surface area contributed by atoms with E-state index in [-0.39, 0.29) is 6.42 Å². The molecule has 1 unspecified atom stereocenters. The zero-order valence-electron chi connectivity index (χ0n) is 10.9. The summed E-state index contributed by atoms with van der Waals surface area (Å²) in [5.74, 6) is -0.445. The maximum Gasteiger partial charge on any atom is 0.333 e. The van der Waals surface area contributed by atoms with E-state index in [4.69, 9.17) is 4.43 Å². The third kappa shape index (κ3) is 5.97. The molecule has 0 fully saturated rings. The fourth-order valence-corrected chi connectivity index (χ4v) is 2.26. The van der Waals surface area contributed by atoms with Crippen LogP contribution in [0.2, 0.25) is 19.6 Å². The first-order chi connectivity index (χ1) is 7.11. The molecule has 0 saturated carbocycles. The van der Waals surface area contributed by atoms with Crippen molar-refractivity contribution in [2.45, 2.75) is 51.6 Å². The van der Waals surface area contributed by atoms with Crippen LogP contribution in [0.5, 0.6) is 0 Å². The lowest BCUT2D eigenvalue weighted by atomic mass is 9.98. The number of ether oxygens (including phenoxy) is 1. The van der Waals surface area contributed by atoms with Gasteiger partial charge in [-0.1, -0.05) is 5.18 Å². The van der Waals surface area contributed by atoms with Crippen LogP contribution in [0.15, 0.2) is 5.18 Å². The van der Waals surface area contributed by atoms with Crippen molar-refractivity contribution in [3.63, 3.8) is 0 Å². The molecule has 0 radical (unpaired) electrons. The maximum absolute atomic E-state index is 11.5. The van der Waals surface area contributed by atoms with E-state index in [1.807, 2.05) is 19.6 Å². The lowest BCUT2D eigenvalue weighted by Crippen LogP contribution is -2.41. The smallest absolute Gasteiger partial charge is 0.333 e. The van der Waals surface area contributed by atoms with Gasteiger partial charge in [0.25, 0.3) is 0 Å². The predicted molar refractivity (Wildman–Crippen MR) is 64.7 cm³/mol. The van der Waals surface area contributed by atoms with Crippen molar-refractivity contribution in [1.82, 2.24) is 0 Å². The Morgan fingerprint density at radius 3 is 2.19 bits per heavy atom. The molecule has 0 aromatic rings. The minimum Gasteiger partial charge on any atom is -0.467 e. The molecule has 94 valence electrons. The van der Waals surface area contributed by atoms with Gasteiger partial charge in [0.2, 0.25) is 0 Å². The first-order valence-electron chi connectivity index (χ1n) is 5.21.